The van der Waals surface area contributed by atoms with E-state index in [9.17, 15) is 4.79 Å². The first-order valence-corrected chi connectivity index (χ1v) is 11.8. The van der Waals surface area contributed by atoms with E-state index in [1.54, 1.807) is 6.08 Å². The maximum absolute atomic E-state index is 12.4. The Bertz CT molecular complexity index is 1030. The zero-order valence-corrected chi connectivity index (χ0v) is 19.7. The van der Waals surface area contributed by atoms with Crippen molar-refractivity contribution in [2.75, 3.05) is 17.7 Å². The summed E-state index contributed by atoms with van der Waals surface area (Å²) in [6, 6.07) is 15.7. The maximum Gasteiger partial charge on any atom is 0.234 e. The number of hydrogen-bond donors (Lipinski definition) is 1. The average molecular weight is 451 g/mol. The van der Waals surface area contributed by atoms with Crippen LogP contribution in [0.2, 0.25) is 0 Å². The summed E-state index contributed by atoms with van der Waals surface area (Å²) in [5.41, 5.74) is 2.96. The fourth-order valence-electron chi connectivity index (χ4n) is 3.02. The number of carbonyl (C=O) groups is 1. The van der Waals surface area contributed by atoms with Crippen LogP contribution in [-0.4, -0.2) is 33.0 Å². The van der Waals surface area contributed by atoms with Crippen molar-refractivity contribution >= 4 is 23.4 Å². The number of thioether (sulfide) groups is 1. The van der Waals surface area contributed by atoms with Crippen LogP contribution in [0.3, 0.4) is 0 Å². The van der Waals surface area contributed by atoms with E-state index in [2.05, 4.69) is 42.9 Å². The van der Waals surface area contributed by atoms with Gasteiger partial charge in [0.15, 0.2) is 11.0 Å². The molecule has 0 atom stereocenters. The second-order valence-corrected chi connectivity index (χ2v) is 8.76. The highest BCUT2D eigenvalue weighted by molar-refractivity contribution is 7.99. The van der Waals surface area contributed by atoms with E-state index in [1.807, 2.05) is 53.1 Å². The van der Waals surface area contributed by atoms with Gasteiger partial charge in [-0.05, 0) is 54.3 Å². The molecule has 3 aromatic rings. The molecule has 7 heteroatoms. The molecule has 0 unspecified atom stereocenters. The van der Waals surface area contributed by atoms with Crippen LogP contribution in [0.5, 0.6) is 5.75 Å². The van der Waals surface area contributed by atoms with Gasteiger partial charge >= 0.3 is 0 Å². The standard InChI is InChI=1S/C25H30N4O2S/c1-5-15-29-24(20-9-13-22(14-10-20)31-16-18(3)4)27-28-25(29)32-17-23(30)26-21-11-7-19(6-2)8-12-21/h5,7-14,18H,1,6,15-17H2,2-4H3,(H,26,30). The summed E-state index contributed by atoms with van der Waals surface area (Å²) in [6.45, 7) is 11.4. The number of hydrogen-bond acceptors (Lipinski definition) is 5. The third-order valence-corrected chi connectivity index (χ3v) is 5.67. The fraction of sp³-hybridized carbons (Fsp3) is 0.320. The molecule has 6 nitrogen and oxygen atoms in total. The van der Waals surface area contributed by atoms with Crippen LogP contribution in [0.15, 0.2) is 66.3 Å². The first kappa shape index (κ1) is 23.6. The Morgan fingerprint density at radius 1 is 1.16 bits per heavy atom. The number of aryl methyl sites for hydroxylation is 1. The second-order valence-electron chi connectivity index (χ2n) is 7.82. The lowest BCUT2D eigenvalue weighted by molar-refractivity contribution is -0.113. The van der Waals surface area contributed by atoms with Crippen LogP contribution in [0.1, 0.15) is 26.3 Å². The third-order valence-electron chi connectivity index (χ3n) is 4.70. The van der Waals surface area contributed by atoms with Crippen LogP contribution in [0, 0.1) is 5.92 Å². The fourth-order valence-corrected chi connectivity index (χ4v) is 3.76. The van der Waals surface area contributed by atoms with Gasteiger partial charge < -0.3 is 10.1 Å². The predicted octanol–water partition coefficient (Wildman–Crippen LogP) is 5.46. The summed E-state index contributed by atoms with van der Waals surface area (Å²) < 4.78 is 7.72. The maximum atomic E-state index is 12.4. The first-order chi connectivity index (χ1) is 15.5. The molecular weight excluding hydrogens is 420 g/mol. The number of carbonyl (C=O) groups excluding carboxylic acids is 1. The lowest BCUT2D eigenvalue weighted by atomic mass is 10.1. The van der Waals surface area contributed by atoms with Crippen molar-refractivity contribution in [1.82, 2.24) is 14.8 Å². The topological polar surface area (TPSA) is 69.0 Å². The molecule has 0 radical (unpaired) electrons. The Kier molecular flexibility index (Phi) is 8.50. The molecule has 32 heavy (non-hydrogen) atoms. The van der Waals surface area contributed by atoms with Crippen molar-refractivity contribution in [3.05, 3.63) is 66.7 Å². The van der Waals surface area contributed by atoms with Gasteiger partial charge in [-0.25, -0.2) is 0 Å². The Labute approximate surface area is 194 Å². The van der Waals surface area contributed by atoms with E-state index in [0.29, 0.717) is 24.2 Å². The van der Waals surface area contributed by atoms with Gasteiger partial charge in [-0.1, -0.05) is 50.7 Å². The summed E-state index contributed by atoms with van der Waals surface area (Å²) >= 11 is 1.36. The van der Waals surface area contributed by atoms with E-state index in [1.165, 1.54) is 17.3 Å². The van der Waals surface area contributed by atoms with Crippen LogP contribution < -0.4 is 10.1 Å². The van der Waals surface area contributed by atoms with E-state index in [0.717, 1.165) is 29.2 Å². The van der Waals surface area contributed by atoms with Crippen molar-refractivity contribution in [3.8, 4) is 17.1 Å². The van der Waals surface area contributed by atoms with Crippen molar-refractivity contribution in [1.29, 1.82) is 0 Å². The molecule has 0 bridgehead atoms. The van der Waals surface area contributed by atoms with Crippen molar-refractivity contribution in [2.24, 2.45) is 5.92 Å². The summed E-state index contributed by atoms with van der Waals surface area (Å²) in [5.74, 6) is 2.19. The quantitative estimate of drug-likeness (QED) is 0.310. The molecule has 1 aromatic heterocycles. The third kappa shape index (κ3) is 6.47. The molecule has 3 rings (SSSR count). The average Bonchev–Trinajstić information content (AvgIpc) is 3.20. The number of aromatic nitrogens is 3. The lowest BCUT2D eigenvalue weighted by Gasteiger charge is -2.10. The number of anilines is 1. The van der Waals surface area contributed by atoms with Crippen LogP contribution >= 0.6 is 11.8 Å². The summed E-state index contributed by atoms with van der Waals surface area (Å²) in [5, 5.41) is 12.3. The zero-order chi connectivity index (χ0) is 22.9. The molecule has 2 aromatic carbocycles. The van der Waals surface area contributed by atoms with Gasteiger partial charge in [0.2, 0.25) is 5.91 Å². The molecule has 1 heterocycles. The van der Waals surface area contributed by atoms with Gasteiger partial charge in [-0.2, -0.15) is 0 Å². The van der Waals surface area contributed by atoms with Gasteiger partial charge in [0, 0.05) is 17.8 Å². The van der Waals surface area contributed by atoms with Crippen molar-refractivity contribution in [3.63, 3.8) is 0 Å². The Morgan fingerprint density at radius 2 is 1.88 bits per heavy atom. The van der Waals surface area contributed by atoms with Crippen LogP contribution in [-0.2, 0) is 17.8 Å². The minimum absolute atomic E-state index is 0.0828. The van der Waals surface area contributed by atoms with Gasteiger partial charge in [-0.15, -0.1) is 16.8 Å². The minimum atomic E-state index is -0.0828. The van der Waals surface area contributed by atoms with Gasteiger partial charge in [0.25, 0.3) is 0 Å². The Hall–Kier alpha value is -3.06. The molecule has 1 amide bonds. The SMILES string of the molecule is C=CCn1c(SCC(=O)Nc2ccc(CC)cc2)nnc1-c1ccc(OCC(C)C)cc1. The summed E-state index contributed by atoms with van der Waals surface area (Å²) in [4.78, 5) is 12.4. The van der Waals surface area contributed by atoms with Crippen molar-refractivity contribution in [2.45, 2.75) is 38.9 Å². The summed E-state index contributed by atoms with van der Waals surface area (Å²) in [6.07, 6.45) is 2.77. The molecule has 0 aliphatic carbocycles. The van der Waals surface area contributed by atoms with Gasteiger partial charge in [0.05, 0.1) is 12.4 Å². The molecular formula is C25H30N4O2S. The van der Waals surface area contributed by atoms with E-state index >= 15 is 0 Å². The van der Waals surface area contributed by atoms with E-state index in [4.69, 9.17) is 4.74 Å². The van der Waals surface area contributed by atoms with E-state index < -0.39 is 0 Å². The summed E-state index contributed by atoms with van der Waals surface area (Å²) in [7, 11) is 0. The number of benzene rings is 2. The van der Waals surface area contributed by atoms with Crippen LogP contribution in [0.25, 0.3) is 11.4 Å². The highest BCUT2D eigenvalue weighted by Crippen LogP contribution is 2.26. The smallest absolute Gasteiger partial charge is 0.234 e. The zero-order valence-electron chi connectivity index (χ0n) is 18.9. The lowest BCUT2D eigenvalue weighted by Crippen LogP contribution is -2.14. The number of nitrogens with zero attached hydrogens (tertiary/aromatic N) is 3. The van der Waals surface area contributed by atoms with Gasteiger partial charge in [0.1, 0.15) is 5.75 Å². The number of rotatable bonds is 11. The molecule has 0 fully saturated rings. The number of ether oxygens (including phenoxy) is 1. The molecule has 168 valence electrons. The number of amides is 1. The first-order valence-electron chi connectivity index (χ1n) is 10.8. The Morgan fingerprint density at radius 3 is 2.50 bits per heavy atom. The number of allylic oxidation sites excluding steroid dienone is 1. The largest absolute Gasteiger partial charge is 0.493 e. The molecule has 0 saturated heterocycles. The number of nitrogens with one attached hydrogen (secondary N) is 1. The highest BCUT2D eigenvalue weighted by atomic mass is 32.2. The van der Waals surface area contributed by atoms with Gasteiger partial charge in [-0.3, -0.25) is 9.36 Å². The van der Waals surface area contributed by atoms with E-state index in [-0.39, 0.29) is 11.7 Å². The Balaban J connectivity index is 1.66. The second kappa shape index (κ2) is 11.5. The normalized spacial score (nSPS) is 10.9. The van der Waals surface area contributed by atoms with Crippen molar-refractivity contribution < 1.29 is 9.53 Å². The highest BCUT2D eigenvalue weighted by Gasteiger charge is 2.15. The molecule has 0 spiro atoms. The molecule has 1 N–H and O–H groups in total. The molecule has 0 saturated carbocycles. The van der Waals surface area contributed by atoms with Crippen LogP contribution in [0.4, 0.5) is 5.69 Å². The molecule has 0 aliphatic heterocycles. The molecule has 0 aliphatic rings. The monoisotopic (exact) mass is 450 g/mol. The predicted molar refractivity (Wildman–Crippen MR) is 131 cm³/mol. The minimum Gasteiger partial charge on any atom is -0.493 e.